The van der Waals surface area contributed by atoms with Gasteiger partial charge in [0.15, 0.2) is 0 Å². The molecule has 1 unspecified atom stereocenters. The van der Waals surface area contributed by atoms with Gasteiger partial charge in [0, 0.05) is 13.1 Å². The van der Waals surface area contributed by atoms with E-state index in [1.165, 1.54) is 4.31 Å². The van der Waals surface area contributed by atoms with Gasteiger partial charge in [0.1, 0.15) is 5.21 Å². The molecule has 1 heterocycles. The molecule has 1 aliphatic heterocycles. The summed E-state index contributed by atoms with van der Waals surface area (Å²) in [5, 5.41) is -0.286. The van der Waals surface area contributed by atoms with Gasteiger partial charge in [0.2, 0.25) is 10.0 Å². The molecular formula is C8H16ClNO2S. The molecule has 1 aliphatic rings. The molecule has 5 heteroatoms. The Labute approximate surface area is 85.1 Å². The molecule has 78 valence electrons. The van der Waals surface area contributed by atoms with Gasteiger partial charge in [0.05, 0.1) is 0 Å². The van der Waals surface area contributed by atoms with E-state index in [1.807, 2.05) is 0 Å². The molecule has 0 aromatic heterocycles. The van der Waals surface area contributed by atoms with Crippen LogP contribution in [0.25, 0.3) is 0 Å². The first-order valence-corrected chi connectivity index (χ1v) is 6.78. The van der Waals surface area contributed by atoms with Crippen LogP contribution in [0.1, 0.15) is 26.2 Å². The van der Waals surface area contributed by atoms with Crippen molar-refractivity contribution in [1.82, 2.24) is 4.31 Å². The lowest BCUT2D eigenvalue weighted by Crippen LogP contribution is -2.29. The Kier molecular flexibility index (Phi) is 4.01. The molecule has 0 amide bonds. The fourth-order valence-electron chi connectivity index (χ4n) is 1.76. The smallest absolute Gasteiger partial charge is 0.211 e. The largest absolute Gasteiger partial charge is 0.228 e. The second kappa shape index (κ2) is 4.62. The summed E-state index contributed by atoms with van der Waals surface area (Å²) in [6.07, 6.45) is 3.23. The minimum Gasteiger partial charge on any atom is -0.211 e. The molecule has 0 aromatic rings. The van der Waals surface area contributed by atoms with E-state index in [4.69, 9.17) is 11.6 Å². The Morgan fingerprint density at radius 1 is 1.54 bits per heavy atom. The van der Waals surface area contributed by atoms with Crippen LogP contribution in [-0.2, 0) is 10.0 Å². The second-order valence-electron chi connectivity index (χ2n) is 3.52. The molecule has 0 spiro atoms. The summed E-state index contributed by atoms with van der Waals surface area (Å²) in [6.45, 7) is 3.45. The van der Waals surface area contributed by atoms with Gasteiger partial charge in [-0.15, -0.1) is 11.6 Å². The monoisotopic (exact) mass is 225 g/mol. The van der Waals surface area contributed by atoms with E-state index in [1.54, 1.807) is 0 Å². The third-order valence-electron chi connectivity index (χ3n) is 2.48. The molecule has 0 aromatic carbocycles. The number of hydrogen-bond acceptors (Lipinski definition) is 2. The number of sulfonamides is 1. The minimum absolute atomic E-state index is 0.286. The summed E-state index contributed by atoms with van der Waals surface area (Å²) in [5.41, 5.74) is 0. The lowest BCUT2D eigenvalue weighted by molar-refractivity contribution is 0.447. The first-order chi connectivity index (χ1) is 6.10. The first kappa shape index (κ1) is 11.3. The van der Waals surface area contributed by atoms with Crippen molar-refractivity contribution in [1.29, 1.82) is 0 Å². The summed E-state index contributed by atoms with van der Waals surface area (Å²) < 4.78 is 24.2. The van der Waals surface area contributed by atoms with Crippen molar-refractivity contribution in [3.05, 3.63) is 0 Å². The van der Waals surface area contributed by atoms with Crippen LogP contribution in [0.5, 0.6) is 0 Å². The standard InChI is InChI=1S/C8H16ClNO2S/c1-2-3-8-4-5-10(6-8)13(11,12)7-9/h8H,2-7H2,1H3. The molecule has 13 heavy (non-hydrogen) atoms. The molecule has 3 nitrogen and oxygen atoms in total. The van der Waals surface area contributed by atoms with Crippen LogP contribution < -0.4 is 0 Å². The van der Waals surface area contributed by atoms with Gasteiger partial charge in [-0.3, -0.25) is 0 Å². The summed E-state index contributed by atoms with van der Waals surface area (Å²) in [7, 11) is -3.15. The zero-order valence-electron chi connectivity index (χ0n) is 7.87. The number of alkyl halides is 1. The predicted octanol–water partition coefficient (Wildman–Crippen LogP) is 1.63. The van der Waals surface area contributed by atoms with Crippen molar-refractivity contribution in [3.63, 3.8) is 0 Å². The Hall–Kier alpha value is 0.200. The first-order valence-electron chi connectivity index (χ1n) is 4.64. The molecule has 1 saturated heterocycles. The molecule has 0 bridgehead atoms. The van der Waals surface area contributed by atoms with Crippen LogP contribution in [0.4, 0.5) is 0 Å². The zero-order valence-corrected chi connectivity index (χ0v) is 9.44. The van der Waals surface area contributed by atoms with Crippen LogP contribution in [0.2, 0.25) is 0 Å². The van der Waals surface area contributed by atoms with Crippen molar-refractivity contribution in [2.24, 2.45) is 5.92 Å². The summed E-state index contributed by atoms with van der Waals surface area (Å²) in [4.78, 5) is 0. The van der Waals surface area contributed by atoms with E-state index < -0.39 is 10.0 Å². The van der Waals surface area contributed by atoms with Crippen LogP contribution in [-0.4, -0.2) is 31.0 Å². The molecule has 1 fully saturated rings. The molecule has 0 saturated carbocycles. The van der Waals surface area contributed by atoms with Crippen molar-refractivity contribution < 1.29 is 8.42 Å². The van der Waals surface area contributed by atoms with Gasteiger partial charge in [-0.05, 0) is 18.8 Å². The average molecular weight is 226 g/mol. The van der Waals surface area contributed by atoms with E-state index in [9.17, 15) is 8.42 Å². The second-order valence-corrected chi connectivity index (χ2v) is 6.08. The van der Waals surface area contributed by atoms with E-state index in [0.717, 1.165) is 19.3 Å². The van der Waals surface area contributed by atoms with Crippen molar-refractivity contribution in [2.75, 3.05) is 18.3 Å². The highest BCUT2D eigenvalue weighted by Gasteiger charge is 2.29. The third kappa shape index (κ3) is 2.82. The highest BCUT2D eigenvalue weighted by atomic mass is 35.5. The van der Waals surface area contributed by atoms with Crippen molar-refractivity contribution in [2.45, 2.75) is 26.2 Å². The normalized spacial score (nSPS) is 25.2. The molecule has 0 aliphatic carbocycles. The van der Waals surface area contributed by atoms with E-state index in [0.29, 0.717) is 19.0 Å². The van der Waals surface area contributed by atoms with Crippen molar-refractivity contribution >= 4 is 21.6 Å². The number of rotatable bonds is 4. The minimum atomic E-state index is -3.15. The number of nitrogens with zero attached hydrogens (tertiary/aromatic N) is 1. The fourth-order valence-corrected chi connectivity index (χ4v) is 3.14. The highest BCUT2D eigenvalue weighted by Crippen LogP contribution is 2.23. The lowest BCUT2D eigenvalue weighted by atomic mass is 10.0. The predicted molar refractivity (Wildman–Crippen MR) is 54.2 cm³/mol. The summed E-state index contributed by atoms with van der Waals surface area (Å²) in [5.74, 6) is 0.544. The van der Waals surface area contributed by atoms with Crippen LogP contribution in [0, 0.1) is 5.92 Å². The van der Waals surface area contributed by atoms with Crippen LogP contribution >= 0.6 is 11.6 Å². The highest BCUT2D eigenvalue weighted by molar-refractivity contribution is 7.90. The Morgan fingerprint density at radius 2 is 2.23 bits per heavy atom. The average Bonchev–Trinajstić information content (AvgIpc) is 2.54. The Balaban J connectivity index is 2.50. The maximum atomic E-state index is 11.3. The summed E-state index contributed by atoms with van der Waals surface area (Å²) >= 11 is 5.37. The molecule has 1 rings (SSSR count). The maximum absolute atomic E-state index is 11.3. The van der Waals surface area contributed by atoms with Crippen LogP contribution in [0.15, 0.2) is 0 Å². The maximum Gasteiger partial charge on any atom is 0.228 e. The van der Waals surface area contributed by atoms with Gasteiger partial charge < -0.3 is 0 Å². The van der Waals surface area contributed by atoms with Crippen LogP contribution in [0.3, 0.4) is 0 Å². The molecule has 0 radical (unpaired) electrons. The lowest BCUT2D eigenvalue weighted by Gasteiger charge is -2.13. The summed E-state index contributed by atoms with van der Waals surface area (Å²) in [6, 6.07) is 0. The van der Waals surface area contributed by atoms with Gasteiger partial charge >= 0.3 is 0 Å². The fraction of sp³-hybridized carbons (Fsp3) is 1.00. The van der Waals surface area contributed by atoms with Gasteiger partial charge in [-0.1, -0.05) is 13.3 Å². The quantitative estimate of drug-likeness (QED) is 0.683. The van der Waals surface area contributed by atoms with Gasteiger partial charge in [-0.2, -0.15) is 0 Å². The molecule has 1 atom stereocenters. The van der Waals surface area contributed by atoms with Crippen molar-refractivity contribution in [3.8, 4) is 0 Å². The van der Waals surface area contributed by atoms with E-state index >= 15 is 0 Å². The molecule has 0 N–H and O–H groups in total. The number of halogens is 1. The number of hydrogen-bond donors (Lipinski definition) is 0. The Morgan fingerprint density at radius 3 is 2.77 bits per heavy atom. The van der Waals surface area contributed by atoms with Gasteiger partial charge in [-0.25, -0.2) is 12.7 Å². The topological polar surface area (TPSA) is 37.4 Å². The van der Waals surface area contributed by atoms with E-state index in [-0.39, 0.29) is 5.21 Å². The third-order valence-corrected chi connectivity index (χ3v) is 4.70. The van der Waals surface area contributed by atoms with E-state index in [2.05, 4.69) is 6.92 Å². The Bertz CT molecular complexity index is 253. The zero-order chi connectivity index (χ0) is 9.90. The molecular weight excluding hydrogens is 210 g/mol. The SMILES string of the molecule is CCCC1CCN(S(=O)(=O)CCl)C1. The van der Waals surface area contributed by atoms with Gasteiger partial charge in [0.25, 0.3) is 0 Å².